The summed E-state index contributed by atoms with van der Waals surface area (Å²) < 4.78 is 53.5. The summed E-state index contributed by atoms with van der Waals surface area (Å²) in [5.74, 6) is -4.77. The molecule has 0 fully saturated rings. The Balaban J connectivity index is 3.18. The lowest BCUT2D eigenvalue weighted by Gasteiger charge is -2.11. The van der Waals surface area contributed by atoms with Crippen LogP contribution in [0.3, 0.4) is 0 Å². The number of nitro benzene ring substituents is 1. The van der Waals surface area contributed by atoms with E-state index in [1.807, 2.05) is 0 Å². The van der Waals surface area contributed by atoms with Crippen molar-refractivity contribution in [3.8, 4) is 5.75 Å². The van der Waals surface area contributed by atoms with Crippen molar-refractivity contribution >= 4 is 17.3 Å². The molecule has 0 aliphatic rings. The van der Waals surface area contributed by atoms with Gasteiger partial charge in [-0.1, -0.05) is 0 Å². The second kappa shape index (κ2) is 4.12. The van der Waals surface area contributed by atoms with Crippen LogP contribution in [0.4, 0.5) is 23.2 Å². The normalized spacial score (nSPS) is 11.3. The van der Waals surface area contributed by atoms with Gasteiger partial charge < -0.3 is 4.74 Å². The number of ether oxygens (including phenoxy) is 1. The average molecular weight is 260 g/mol. The van der Waals surface area contributed by atoms with Crippen LogP contribution in [0.25, 0.3) is 0 Å². The summed E-state index contributed by atoms with van der Waals surface area (Å²) in [6, 6.07) is 0.474. The first-order valence-corrected chi connectivity index (χ1v) is 3.97. The molecule has 0 bridgehead atoms. The molecule has 4 nitrogen and oxygen atoms in total. The Morgan fingerprint density at radius 3 is 2.06 bits per heavy atom. The highest BCUT2D eigenvalue weighted by Gasteiger charge is 2.32. The summed E-state index contributed by atoms with van der Waals surface area (Å²) >= 11 is 4.29. The molecule has 0 heterocycles. The van der Waals surface area contributed by atoms with Gasteiger partial charge in [-0.2, -0.15) is 0 Å². The van der Waals surface area contributed by atoms with Crippen molar-refractivity contribution in [2.75, 3.05) is 0 Å². The number of nitrogens with zero attached hydrogens (tertiary/aromatic N) is 1. The Bertz CT molecular complexity index is 411. The standard InChI is InChI=1S/C7H2ClF4NO3/c8-7(11,12)16-6-4(9)1-3(13(14)15)2-5(6)10/h1-2H. The molecule has 0 N–H and O–H groups in total. The lowest BCUT2D eigenvalue weighted by molar-refractivity contribution is -0.385. The average Bonchev–Trinajstić information content (AvgIpc) is 2.09. The lowest BCUT2D eigenvalue weighted by atomic mass is 10.3. The predicted octanol–water partition coefficient (Wildman–Crippen LogP) is 3.04. The van der Waals surface area contributed by atoms with Gasteiger partial charge in [-0.05, 0) is 0 Å². The molecule has 0 unspecified atom stereocenters. The van der Waals surface area contributed by atoms with Crippen molar-refractivity contribution in [2.24, 2.45) is 0 Å². The molecule has 0 amide bonds. The first-order valence-electron chi connectivity index (χ1n) is 3.60. The maximum absolute atomic E-state index is 12.9. The molecule has 1 rings (SSSR count). The van der Waals surface area contributed by atoms with E-state index in [0.717, 1.165) is 0 Å². The van der Waals surface area contributed by atoms with E-state index in [4.69, 9.17) is 0 Å². The summed E-state index contributed by atoms with van der Waals surface area (Å²) in [5.41, 5.74) is -5.24. The Kier molecular flexibility index (Phi) is 3.22. The molecule has 0 aliphatic heterocycles. The van der Waals surface area contributed by atoms with Crippen molar-refractivity contribution in [2.45, 2.75) is 5.57 Å². The molecule has 0 spiro atoms. The van der Waals surface area contributed by atoms with Gasteiger partial charge >= 0.3 is 5.57 Å². The van der Waals surface area contributed by atoms with Crippen LogP contribution in [0, 0.1) is 21.7 Å². The summed E-state index contributed by atoms with van der Waals surface area (Å²) in [7, 11) is 0. The molecule has 0 saturated carbocycles. The van der Waals surface area contributed by atoms with Gasteiger partial charge in [-0.25, -0.2) is 8.78 Å². The first kappa shape index (κ1) is 12.5. The topological polar surface area (TPSA) is 52.4 Å². The molecule has 1 aromatic rings. The van der Waals surface area contributed by atoms with Crippen molar-refractivity contribution < 1.29 is 27.2 Å². The number of halogens is 5. The molecule has 9 heteroatoms. The van der Waals surface area contributed by atoms with E-state index in [1.165, 1.54) is 0 Å². The summed E-state index contributed by atoms with van der Waals surface area (Å²) in [5, 5.41) is 10.2. The quantitative estimate of drug-likeness (QED) is 0.363. The Morgan fingerprint density at radius 2 is 1.75 bits per heavy atom. The fourth-order valence-electron chi connectivity index (χ4n) is 0.865. The van der Waals surface area contributed by atoms with Crippen LogP contribution in [0.5, 0.6) is 5.75 Å². The van der Waals surface area contributed by atoms with Crippen LogP contribution < -0.4 is 4.74 Å². The highest BCUT2D eigenvalue weighted by Crippen LogP contribution is 2.32. The van der Waals surface area contributed by atoms with Gasteiger partial charge in [0.15, 0.2) is 17.4 Å². The fourth-order valence-corrected chi connectivity index (χ4v) is 0.942. The number of rotatable bonds is 3. The molecule has 0 atom stereocenters. The molecular formula is C7H2ClF4NO3. The molecule has 0 saturated heterocycles. The van der Waals surface area contributed by atoms with Crippen molar-refractivity contribution in [1.29, 1.82) is 0 Å². The molecule has 1 aromatic carbocycles. The first-order chi connectivity index (χ1) is 7.20. The summed E-state index contributed by atoms with van der Waals surface area (Å²) in [6.45, 7) is 0. The van der Waals surface area contributed by atoms with E-state index in [9.17, 15) is 27.7 Å². The van der Waals surface area contributed by atoms with E-state index in [-0.39, 0.29) is 12.1 Å². The molecule has 0 aromatic heterocycles. The minimum Gasteiger partial charge on any atom is -0.414 e. The van der Waals surface area contributed by atoms with Crippen LogP contribution in [0.2, 0.25) is 0 Å². The number of nitro groups is 1. The largest absolute Gasteiger partial charge is 0.487 e. The Labute approximate surface area is 90.5 Å². The summed E-state index contributed by atoms with van der Waals surface area (Å²) in [4.78, 5) is 9.07. The van der Waals surface area contributed by atoms with Gasteiger partial charge in [0.2, 0.25) is 0 Å². The number of hydrogen-bond acceptors (Lipinski definition) is 3. The number of alkyl halides is 3. The Morgan fingerprint density at radius 1 is 1.31 bits per heavy atom. The van der Waals surface area contributed by atoms with Gasteiger partial charge in [0.25, 0.3) is 5.69 Å². The molecule has 0 radical (unpaired) electrons. The number of benzene rings is 1. The molecule has 16 heavy (non-hydrogen) atoms. The number of non-ortho nitro benzene ring substituents is 1. The van der Waals surface area contributed by atoms with E-state index in [0.29, 0.717) is 0 Å². The minimum absolute atomic E-state index is 0.237. The maximum Gasteiger partial charge on any atom is 0.487 e. The van der Waals surface area contributed by atoms with E-state index >= 15 is 0 Å². The summed E-state index contributed by atoms with van der Waals surface area (Å²) in [6.07, 6.45) is 0. The highest BCUT2D eigenvalue weighted by atomic mass is 35.5. The third-order valence-corrected chi connectivity index (χ3v) is 1.49. The van der Waals surface area contributed by atoms with E-state index in [2.05, 4.69) is 16.3 Å². The SMILES string of the molecule is O=[N+]([O-])c1cc(F)c(OC(F)(F)Cl)c(F)c1. The van der Waals surface area contributed by atoms with Crippen LogP contribution in [-0.2, 0) is 0 Å². The molecular weight excluding hydrogens is 258 g/mol. The Hall–Kier alpha value is -1.57. The smallest absolute Gasteiger partial charge is 0.414 e. The van der Waals surface area contributed by atoms with Gasteiger partial charge in [0.1, 0.15) is 0 Å². The zero-order chi connectivity index (χ0) is 12.5. The van der Waals surface area contributed by atoms with E-state index < -0.39 is 33.6 Å². The third kappa shape index (κ3) is 2.96. The van der Waals surface area contributed by atoms with Gasteiger partial charge in [0.05, 0.1) is 17.1 Å². The molecule has 0 aliphatic carbocycles. The lowest BCUT2D eigenvalue weighted by Crippen LogP contribution is -2.17. The highest BCUT2D eigenvalue weighted by molar-refractivity contribution is 6.20. The zero-order valence-electron chi connectivity index (χ0n) is 7.22. The maximum atomic E-state index is 12.9. The monoisotopic (exact) mass is 259 g/mol. The van der Waals surface area contributed by atoms with Gasteiger partial charge in [-0.15, -0.1) is 8.78 Å². The van der Waals surface area contributed by atoms with Crippen molar-refractivity contribution in [3.63, 3.8) is 0 Å². The van der Waals surface area contributed by atoms with E-state index in [1.54, 1.807) is 0 Å². The number of hydrogen-bond donors (Lipinski definition) is 0. The van der Waals surface area contributed by atoms with Crippen molar-refractivity contribution in [1.82, 2.24) is 0 Å². The van der Waals surface area contributed by atoms with Gasteiger partial charge in [0, 0.05) is 11.6 Å². The van der Waals surface area contributed by atoms with Crippen LogP contribution in [0.15, 0.2) is 12.1 Å². The second-order valence-corrected chi connectivity index (χ2v) is 2.98. The van der Waals surface area contributed by atoms with Crippen LogP contribution in [0.1, 0.15) is 0 Å². The fraction of sp³-hybridized carbons (Fsp3) is 0.143. The van der Waals surface area contributed by atoms with Crippen molar-refractivity contribution in [3.05, 3.63) is 33.9 Å². The zero-order valence-corrected chi connectivity index (χ0v) is 7.97. The van der Waals surface area contributed by atoms with Crippen LogP contribution >= 0.6 is 11.6 Å². The predicted molar refractivity (Wildman–Crippen MR) is 44.4 cm³/mol. The molecule has 88 valence electrons. The van der Waals surface area contributed by atoms with Gasteiger partial charge in [-0.3, -0.25) is 10.1 Å². The minimum atomic E-state index is -4.31. The third-order valence-electron chi connectivity index (χ3n) is 1.41. The second-order valence-electron chi connectivity index (χ2n) is 2.54. The van der Waals surface area contributed by atoms with Crippen LogP contribution in [-0.4, -0.2) is 10.5 Å².